The number of benzene rings is 3. The van der Waals surface area contributed by atoms with E-state index < -0.39 is 5.91 Å². The minimum atomic E-state index is -0.395. The smallest absolute Gasteiger partial charge is 0.249 e. The molecule has 3 nitrogen and oxygen atoms in total. The SMILES string of the molecule is Cc1cccc(Cn2c3cc(-c4cccs4)ccc3c3c(C(N)=O)cccc32)c1C. The van der Waals surface area contributed by atoms with Crippen molar-refractivity contribution in [1.29, 1.82) is 0 Å². The molecule has 0 bridgehead atoms. The lowest BCUT2D eigenvalue weighted by atomic mass is 10.0. The highest BCUT2D eigenvalue weighted by molar-refractivity contribution is 7.13. The molecule has 0 aliphatic rings. The fourth-order valence-corrected chi connectivity index (χ4v) is 4.99. The molecule has 0 saturated carbocycles. The summed E-state index contributed by atoms with van der Waals surface area (Å²) < 4.78 is 2.32. The summed E-state index contributed by atoms with van der Waals surface area (Å²) in [6.07, 6.45) is 0. The Morgan fingerprint density at radius 2 is 1.80 bits per heavy atom. The van der Waals surface area contributed by atoms with Gasteiger partial charge in [-0.15, -0.1) is 11.3 Å². The second-order valence-electron chi connectivity index (χ2n) is 7.72. The van der Waals surface area contributed by atoms with Crippen molar-refractivity contribution in [3.05, 3.63) is 94.4 Å². The number of primary amides is 1. The van der Waals surface area contributed by atoms with Crippen LogP contribution in [0.3, 0.4) is 0 Å². The molecule has 1 amide bonds. The third-order valence-electron chi connectivity index (χ3n) is 6.01. The van der Waals surface area contributed by atoms with Crippen molar-refractivity contribution in [2.45, 2.75) is 20.4 Å². The third kappa shape index (κ3) is 2.92. The largest absolute Gasteiger partial charge is 0.366 e. The van der Waals surface area contributed by atoms with Gasteiger partial charge in [0.2, 0.25) is 5.91 Å². The number of nitrogens with two attached hydrogens (primary N) is 1. The monoisotopic (exact) mass is 410 g/mol. The average molecular weight is 411 g/mol. The van der Waals surface area contributed by atoms with Gasteiger partial charge in [0.1, 0.15) is 0 Å². The Morgan fingerprint density at radius 3 is 2.57 bits per heavy atom. The molecule has 5 aromatic rings. The van der Waals surface area contributed by atoms with Crippen molar-refractivity contribution in [1.82, 2.24) is 4.57 Å². The second kappa shape index (κ2) is 7.15. The number of nitrogens with zero attached hydrogens (tertiary/aromatic N) is 1. The molecule has 0 fully saturated rings. The van der Waals surface area contributed by atoms with Gasteiger partial charge in [-0.1, -0.05) is 42.5 Å². The summed E-state index contributed by atoms with van der Waals surface area (Å²) in [5, 5.41) is 4.09. The predicted molar refractivity (Wildman–Crippen MR) is 126 cm³/mol. The first kappa shape index (κ1) is 18.6. The minimum Gasteiger partial charge on any atom is -0.366 e. The number of aryl methyl sites for hydroxylation is 1. The molecule has 2 aromatic heterocycles. The highest BCUT2D eigenvalue weighted by Gasteiger charge is 2.18. The Kier molecular flexibility index (Phi) is 4.44. The van der Waals surface area contributed by atoms with Gasteiger partial charge in [-0.2, -0.15) is 0 Å². The van der Waals surface area contributed by atoms with Crippen LogP contribution in [0.4, 0.5) is 0 Å². The minimum absolute atomic E-state index is 0.395. The van der Waals surface area contributed by atoms with Gasteiger partial charge in [-0.3, -0.25) is 4.79 Å². The summed E-state index contributed by atoms with van der Waals surface area (Å²) in [7, 11) is 0. The molecule has 5 rings (SSSR count). The predicted octanol–water partition coefficient (Wildman–Crippen LogP) is 6.29. The summed E-state index contributed by atoms with van der Waals surface area (Å²) in [6.45, 7) is 5.05. The van der Waals surface area contributed by atoms with E-state index in [1.807, 2.05) is 12.1 Å². The first-order valence-corrected chi connectivity index (χ1v) is 10.9. The van der Waals surface area contributed by atoms with E-state index in [0.717, 1.165) is 28.4 Å². The van der Waals surface area contributed by atoms with E-state index in [-0.39, 0.29) is 0 Å². The molecule has 4 heteroatoms. The summed E-state index contributed by atoms with van der Waals surface area (Å²) in [5.41, 5.74) is 13.5. The molecule has 0 aliphatic heterocycles. The maximum absolute atomic E-state index is 12.2. The number of carbonyl (C=O) groups excluding carboxylic acids is 1. The lowest BCUT2D eigenvalue weighted by Gasteiger charge is -2.12. The summed E-state index contributed by atoms with van der Waals surface area (Å²) in [4.78, 5) is 13.4. The molecular weight excluding hydrogens is 388 g/mol. The van der Waals surface area contributed by atoms with Crippen molar-refractivity contribution in [3.8, 4) is 10.4 Å². The van der Waals surface area contributed by atoms with E-state index in [2.05, 4.69) is 78.4 Å². The summed E-state index contributed by atoms with van der Waals surface area (Å²) >= 11 is 1.73. The van der Waals surface area contributed by atoms with Gasteiger partial charge in [-0.05, 0) is 65.7 Å². The lowest BCUT2D eigenvalue weighted by Crippen LogP contribution is -2.11. The second-order valence-corrected chi connectivity index (χ2v) is 8.67. The number of hydrogen-bond donors (Lipinski definition) is 1. The van der Waals surface area contributed by atoms with Crippen LogP contribution in [0.25, 0.3) is 32.2 Å². The maximum Gasteiger partial charge on any atom is 0.249 e. The number of fused-ring (bicyclic) bond motifs is 3. The highest BCUT2D eigenvalue weighted by atomic mass is 32.1. The topological polar surface area (TPSA) is 48.0 Å². The number of aromatic nitrogens is 1. The van der Waals surface area contributed by atoms with Gasteiger partial charge in [0, 0.05) is 27.8 Å². The van der Waals surface area contributed by atoms with E-state index in [1.54, 1.807) is 11.3 Å². The molecule has 0 saturated heterocycles. The Balaban J connectivity index is 1.83. The Labute approximate surface area is 179 Å². The van der Waals surface area contributed by atoms with Crippen LogP contribution in [0.15, 0.2) is 72.1 Å². The molecule has 0 radical (unpaired) electrons. The zero-order valence-electron chi connectivity index (χ0n) is 17.0. The molecule has 30 heavy (non-hydrogen) atoms. The van der Waals surface area contributed by atoms with E-state index in [9.17, 15) is 4.79 Å². The van der Waals surface area contributed by atoms with Crippen LogP contribution < -0.4 is 5.73 Å². The van der Waals surface area contributed by atoms with Crippen LogP contribution in [0.5, 0.6) is 0 Å². The molecular formula is C26H22N2OS. The van der Waals surface area contributed by atoms with E-state index >= 15 is 0 Å². The Bertz CT molecular complexity index is 1410. The Morgan fingerprint density at radius 1 is 0.967 bits per heavy atom. The molecule has 3 aromatic carbocycles. The van der Waals surface area contributed by atoms with Crippen molar-refractivity contribution in [2.24, 2.45) is 5.73 Å². The van der Waals surface area contributed by atoms with Gasteiger partial charge < -0.3 is 10.3 Å². The molecule has 148 valence electrons. The number of carbonyl (C=O) groups is 1. The number of amides is 1. The zero-order chi connectivity index (χ0) is 20.8. The van der Waals surface area contributed by atoms with Gasteiger partial charge >= 0.3 is 0 Å². The quantitative estimate of drug-likeness (QED) is 0.372. The van der Waals surface area contributed by atoms with Crippen LogP contribution in [-0.2, 0) is 6.54 Å². The first-order chi connectivity index (χ1) is 14.5. The van der Waals surface area contributed by atoms with Crippen LogP contribution in [0.1, 0.15) is 27.0 Å². The van der Waals surface area contributed by atoms with Gasteiger partial charge in [-0.25, -0.2) is 0 Å². The average Bonchev–Trinajstić information content (AvgIpc) is 3.38. The van der Waals surface area contributed by atoms with Crippen molar-refractivity contribution in [3.63, 3.8) is 0 Å². The van der Waals surface area contributed by atoms with E-state index in [1.165, 1.54) is 27.1 Å². The zero-order valence-corrected chi connectivity index (χ0v) is 17.8. The van der Waals surface area contributed by atoms with Crippen LogP contribution >= 0.6 is 11.3 Å². The van der Waals surface area contributed by atoms with Gasteiger partial charge in [0.25, 0.3) is 0 Å². The normalized spacial score (nSPS) is 11.4. The maximum atomic E-state index is 12.2. The molecule has 0 unspecified atom stereocenters. The van der Waals surface area contributed by atoms with E-state index in [4.69, 9.17) is 5.73 Å². The molecule has 0 aliphatic carbocycles. The first-order valence-electron chi connectivity index (χ1n) is 9.98. The highest BCUT2D eigenvalue weighted by Crippen LogP contribution is 2.36. The van der Waals surface area contributed by atoms with Gasteiger partial charge in [0.15, 0.2) is 0 Å². The standard InChI is InChI=1S/C26H22N2OS/c1-16-6-3-7-19(17(16)2)15-28-22-9-4-8-21(26(27)29)25(22)20-12-11-18(14-23(20)28)24-10-5-13-30-24/h3-14H,15H2,1-2H3,(H2,27,29). The molecule has 0 atom stereocenters. The number of thiophene rings is 1. The number of hydrogen-bond acceptors (Lipinski definition) is 2. The van der Waals surface area contributed by atoms with Gasteiger partial charge in [0.05, 0.1) is 11.0 Å². The Hall–Kier alpha value is -3.37. The van der Waals surface area contributed by atoms with Crippen LogP contribution in [-0.4, -0.2) is 10.5 Å². The molecule has 2 N–H and O–H groups in total. The fraction of sp³-hybridized carbons (Fsp3) is 0.115. The summed E-state index contributed by atoms with van der Waals surface area (Å²) in [6, 6.07) is 22.9. The molecule has 0 spiro atoms. The third-order valence-corrected chi connectivity index (χ3v) is 6.93. The van der Waals surface area contributed by atoms with Crippen molar-refractivity contribution >= 4 is 39.0 Å². The van der Waals surface area contributed by atoms with Crippen LogP contribution in [0, 0.1) is 13.8 Å². The van der Waals surface area contributed by atoms with Crippen molar-refractivity contribution in [2.75, 3.05) is 0 Å². The number of rotatable bonds is 4. The van der Waals surface area contributed by atoms with Crippen molar-refractivity contribution < 1.29 is 4.79 Å². The summed E-state index contributed by atoms with van der Waals surface area (Å²) in [5.74, 6) is -0.395. The van der Waals surface area contributed by atoms with Crippen LogP contribution in [0.2, 0.25) is 0 Å². The lowest BCUT2D eigenvalue weighted by molar-refractivity contribution is 0.100. The fourth-order valence-electron chi connectivity index (χ4n) is 4.27. The van der Waals surface area contributed by atoms with E-state index in [0.29, 0.717) is 5.56 Å². The molecule has 2 heterocycles.